The van der Waals surface area contributed by atoms with Gasteiger partial charge in [-0.05, 0) is 43.4 Å². The molecule has 0 radical (unpaired) electrons. The second-order valence-electron chi connectivity index (χ2n) is 8.84. The van der Waals surface area contributed by atoms with Crippen molar-refractivity contribution in [1.29, 1.82) is 0 Å². The van der Waals surface area contributed by atoms with Gasteiger partial charge in [0.1, 0.15) is 5.75 Å². The number of ether oxygens (including phenoxy) is 1. The van der Waals surface area contributed by atoms with E-state index < -0.39 is 0 Å². The van der Waals surface area contributed by atoms with Crippen molar-refractivity contribution >= 4 is 0 Å². The summed E-state index contributed by atoms with van der Waals surface area (Å²) in [6.45, 7) is 4.54. The van der Waals surface area contributed by atoms with E-state index in [0.29, 0.717) is 5.88 Å². The Labute approximate surface area is 191 Å². The van der Waals surface area contributed by atoms with Crippen LogP contribution in [-0.2, 0) is 12.8 Å². The number of nitrogens with zero attached hydrogens (tertiary/aromatic N) is 2. The molecule has 3 heteroatoms. The monoisotopic (exact) mass is 424 g/mol. The van der Waals surface area contributed by atoms with Crippen LogP contribution < -0.4 is 4.74 Å². The third-order valence-corrected chi connectivity index (χ3v) is 5.91. The van der Waals surface area contributed by atoms with Crippen LogP contribution in [0.3, 0.4) is 0 Å². The normalized spacial score (nSPS) is 11.0. The van der Waals surface area contributed by atoms with Gasteiger partial charge in [-0.15, -0.1) is 0 Å². The van der Waals surface area contributed by atoms with Crippen molar-refractivity contribution in [3.63, 3.8) is 0 Å². The molecule has 0 saturated heterocycles. The molecule has 1 heterocycles. The molecule has 0 bridgehead atoms. The number of benzene rings is 1. The van der Waals surface area contributed by atoms with E-state index in [2.05, 4.69) is 48.1 Å². The Hall–Kier alpha value is -1.90. The molecule has 0 fully saturated rings. The zero-order valence-electron chi connectivity index (χ0n) is 20.1. The molecule has 0 amide bonds. The molecule has 0 spiro atoms. The highest BCUT2D eigenvalue weighted by molar-refractivity contribution is 5.30. The zero-order chi connectivity index (χ0) is 22.0. The van der Waals surface area contributed by atoms with Gasteiger partial charge >= 0.3 is 0 Å². The van der Waals surface area contributed by atoms with Gasteiger partial charge in [-0.1, -0.05) is 103 Å². The number of hydrogen-bond donors (Lipinski definition) is 0. The third-order valence-electron chi connectivity index (χ3n) is 5.91. The maximum Gasteiger partial charge on any atom is 0.238 e. The summed E-state index contributed by atoms with van der Waals surface area (Å²) in [7, 11) is 0. The highest BCUT2D eigenvalue weighted by Crippen LogP contribution is 2.21. The van der Waals surface area contributed by atoms with Crippen molar-refractivity contribution in [2.45, 2.75) is 117 Å². The molecule has 1 aromatic heterocycles. The second kappa shape index (κ2) is 16.8. The van der Waals surface area contributed by atoms with E-state index >= 15 is 0 Å². The van der Waals surface area contributed by atoms with Crippen molar-refractivity contribution in [1.82, 2.24) is 9.97 Å². The highest BCUT2D eigenvalue weighted by atomic mass is 16.5. The molecule has 0 unspecified atom stereocenters. The summed E-state index contributed by atoms with van der Waals surface area (Å²) in [4.78, 5) is 8.97. The number of rotatable bonds is 18. The summed E-state index contributed by atoms with van der Waals surface area (Å²) >= 11 is 0. The Kier molecular flexibility index (Phi) is 13.7. The molecular weight excluding hydrogens is 380 g/mol. The first kappa shape index (κ1) is 25.4. The van der Waals surface area contributed by atoms with E-state index in [1.54, 1.807) is 6.20 Å². The summed E-state index contributed by atoms with van der Waals surface area (Å²) in [6.07, 6.45) is 24.4. The lowest BCUT2D eigenvalue weighted by Crippen LogP contribution is -1.96. The standard InChI is InChI=1S/C28H44N2O/c1-3-5-7-9-11-13-15-17-25-19-21-27(22-20-25)31-28-24-29-23-26(30-28)18-16-14-12-10-8-6-4-2/h19-24H,3-18H2,1-2H3. The third kappa shape index (κ3) is 11.9. The Bertz CT molecular complexity index is 684. The van der Waals surface area contributed by atoms with Gasteiger partial charge in [0.2, 0.25) is 5.88 Å². The number of hydrogen-bond acceptors (Lipinski definition) is 3. The quantitative estimate of drug-likeness (QED) is 0.224. The van der Waals surface area contributed by atoms with E-state index in [1.165, 1.54) is 95.5 Å². The average molecular weight is 425 g/mol. The topological polar surface area (TPSA) is 35.0 Å². The smallest absolute Gasteiger partial charge is 0.238 e. The lowest BCUT2D eigenvalue weighted by molar-refractivity contribution is 0.456. The summed E-state index contributed by atoms with van der Waals surface area (Å²) in [5.74, 6) is 1.44. The summed E-state index contributed by atoms with van der Waals surface area (Å²) in [5, 5.41) is 0. The fraction of sp³-hybridized carbons (Fsp3) is 0.643. The van der Waals surface area contributed by atoms with Crippen LogP contribution in [0.2, 0.25) is 0 Å². The van der Waals surface area contributed by atoms with Crippen LogP contribution in [0.25, 0.3) is 0 Å². The van der Waals surface area contributed by atoms with E-state index in [0.717, 1.165) is 24.3 Å². The van der Waals surface area contributed by atoms with Crippen molar-refractivity contribution < 1.29 is 4.74 Å². The number of aryl methyl sites for hydroxylation is 2. The first-order valence-electron chi connectivity index (χ1n) is 12.9. The fourth-order valence-electron chi connectivity index (χ4n) is 3.95. The minimum Gasteiger partial charge on any atom is -0.437 e. The Balaban J connectivity index is 1.66. The molecule has 1 aromatic carbocycles. The summed E-state index contributed by atoms with van der Waals surface area (Å²) in [5.41, 5.74) is 2.42. The van der Waals surface area contributed by atoms with Crippen molar-refractivity contribution in [3.05, 3.63) is 47.9 Å². The van der Waals surface area contributed by atoms with Gasteiger partial charge in [-0.25, -0.2) is 4.98 Å². The predicted octanol–water partition coefficient (Wildman–Crippen LogP) is 8.86. The predicted molar refractivity (Wildman–Crippen MR) is 132 cm³/mol. The molecule has 2 aromatic rings. The second-order valence-corrected chi connectivity index (χ2v) is 8.84. The first-order chi connectivity index (χ1) is 15.3. The lowest BCUT2D eigenvalue weighted by atomic mass is 10.0. The number of aromatic nitrogens is 2. The van der Waals surface area contributed by atoms with Gasteiger partial charge in [0.15, 0.2) is 0 Å². The van der Waals surface area contributed by atoms with E-state index in [9.17, 15) is 0 Å². The van der Waals surface area contributed by atoms with Gasteiger partial charge in [0, 0.05) is 6.20 Å². The van der Waals surface area contributed by atoms with Crippen LogP contribution in [-0.4, -0.2) is 9.97 Å². The molecule has 172 valence electrons. The molecule has 0 N–H and O–H groups in total. The van der Waals surface area contributed by atoms with E-state index in [-0.39, 0.29) is 0 Å². The van der Waals surface area contributed by atoms with Gasteiger partial charge in [0.05, 0.1) is 11.9 Å². The lowest BCUT2D eigenvalue weighted by Gasteiger charge is -2.08. The maximum atomic E-state index is 5.95. The Morgan fingerprint density at radius 3 is 1.77 bits per heavy atom. The van der Waals surface area contributed by atoms with Gasteiger partial charge in [-0.2, -0.15) is 0 Å². The largest absolute Gasteiger partial charge is 0.437 e. The minimum absolute atomic E-state index is 0.597. The van der Waals surface area contributed by atoms with Crippen LogP contribution in [0.1, 0.15) is 115 Å². The van der Waals surface area contributed by atoms with Crippen LogP contribution >= 0.6 is 0 Å². The molecule has 31 heavy (non-hydrogen) atoms. The summed E-state index contributed by atoms with van der Waals surface area (Å²) < 4.78 is 5.95. The molecule has 0 aliphatic rings. The SMILES string of the molecule is CCCCCCCCCc1ccc(Oc2cncc(CCCCCCCCC)n2)cc1. The van der Waals surface area contributed by atoms with Gasteiger partial charge in [-0.3, -0.25) is 4.98 Å². The maximum absolute atomic E-state index is 5.95. The van der Waals surface area contributed by atoms with E-state index in [1.807, 2.05) is 6.20 Å². The molecular formula is C28H44N2O. The fourth-order valence-corrected chi connectivity index (χ4v) is 3.95. The molecule has 0 atom stereocenters. The molecule has 2 rings (SSSR count). The average Bonchev–Trinajstić information content (AvgIpc) is 2.79. The number of unbranched alkanes of at least 4 members (excludes halogenated alkanes) is 12. The minimum atomic E-state index is 0.597. The zero-order valence-corrected chi connectivity index (χ0v) is 20.1. The van der Waals surface area contributed by atoms with Gasteiger partial charge < -0.3 is 4.74 Å². The summed E-state index contributed by atoms with van der Waals surface area (Å²) in [6, 6.07) is 8.48. The van der Waals surface area contributed by atoms with Crippen LogP contribution in [0.15, 0.2) is 36.7 Å². The van der Waals surface area contributed by atoms with Crippen LogP contribution in [0.5, 0.6) is 11.6 Å². The Morgan fingerprint density at radius 2 is 1.16 bits per heavy atom. The molecule has 0 saturated carbocycles. The Morgan fingerprint density at radius 1 is 0.613 bits per heavy atom. The van der Waals surface area contributed by atoms with Crippen molar-refractivity contribution in [3.8, 4) is 11.6 Å². The molecule has 0 aliphatic heterocycles. The van der Waals surface area contributed by atoms with E-state index in [4.69, 9.17) is 4.74 Å². The first-order valence-corrected chi connectivity index (χ1v) is 12.9. The van der Waals surface area contributed by atoms with Gasteiger partial charge in [0.25, 0.3) is 0 Å². The van der Waals surface area contributed by atoms with Crippen molar-refractivity contribution in [2.24, 2.45) is 0 Å². The molecule has 0 aliphatic carbocycles. The van der Waals surface area contributed by atoms with Crippen LogP contribution in [0, 0.1) is 0 Å². The molecule has 3 nitrogen and oxygen atoms in total. The van der Waals surface area contributed by atoms with Crippen molar-refractivity contribution in [2.75, 3.05) is 0 Å². The van der Waals surface area contributed by atoms with Crippen LogP contribution in [0.4, 0.5) is 0 Å². The highest BCUT2D eigenvalue weighted by Gasteiger charge is 2.03.